The lowest BCUT2D eigenvalue weighted by Crippen LogP contribution is -1.93. The molecule has 0 rings (SSSR count). The van der Waals surface area contributed by atoms with Gasteiger partial charge < -0.3 is 5.11 Å². The van der Waals surface area contributed by atoms with Crippen LogP contribution < -0.4 is 0 Å². The Morgan fingerprint density at radius 1 is 0.533 bits per heavy atom. The quantitative estimate of drug-likeness (QED) is 0.132. The van der Waals surface area contributed by atoms with Gasteiger partial charge in [0, 0.05) is 6.42 Å². The van der Waals surface area contributed by atoms with E-state index in [1.807, 2.05) is 0 Å². The summed E-state index contributed by atoms with van der Waals surface area (Å²) >= 11 is 0. The summed E-state index contributed by atoms with van der Waals surface area (Å²) < 4.78 is 0. The van der Waals surface area contributed by atoms with E-state index in [4.69, 9.17) is 5.11 Å². The Balaban J connectivity index is 3.25. The smallest absolute Gasteiger partial charge is 0.303 e. The predicted molar refractivity (Wildman–Crippen MR) is 133 cm³/mol. The average molecular weight is 419 g/mol. The molecular formula is C28H50O2. The second kappa shape index (κ2) is 25.7. The Morgan fingerprint density at radius 3 is 1.33 bits per heavy atom. The largest absolute Gasteiger partial charge is 0.481 e. The van der Waals surface area contributed by atoms with E-state index in [1.165, 1.54) is 83.5 Å². The molecule has 0 aromatic carbocycles. The number of allylic oxidation sites excluding steroid dienone is 6. The minimum absolute atomic E-state index is 0.320. The zero-order valence-electron chi connectivity index (χ0n) is 20.0. The topological polar surface area (TPSA) is 37.3 Å². The number of rotatable bonds is 23. The third kappa shape index (κ3) is 26.7. The lowest BCUT2D eigenvalue weighted by molar-refractivity contribution is -0.137. The summed E-state index contributed by atoms with van der Waals surface area (Å²) in [5.41, 5.74) is 0. The molecular weight excluding hydrogens is 368 g/mol. The Bertz CT molecular complexity index is 434. The highest BCUT2D eigenvalue weighted by atomic mass is 16.4. The van der Waals surface area contributed by atoms with Crippen molar-refractivity contribution in [2.75, 3.05) is 0 Å². The van der Waals surface area contributed by atoms with Crippen LogP contribution in [0.1, 0.15) is 135 Å². The van der Waals surface area contributed by atoms with Crippen LogP contribution >= 0.6 is 0 Å². The molecule has 0 aliphatic rings. The number of carbonyl (C=O) groups is 1. The van der Waals surface area contributed by atoms with Crippen LogP contribution in [0.3, 0.4) is 0 Å². The first-order valence-corrected chi connectivity index (χ1v) is 12.9. The Hall–Kier alpha value is -1.31. The van der Waals surface area contributed by atoms with Gasteiger partial charge in [-0.1, -0.05) is 120 Å². The van der Waals surface area contributed by atoms with Gasteiger partial charge in [-0.05, 0) is 44.9 Å². The van der Waals surface area contributed by atoms with Crippen LogP contribution in [0, 0.1) is 0 Å². The second-order valence-electron chi connectivity index (χ2n) is 8.56. The molecule has 0 atom stereocenters. The SMILES string of the molecule is CCCCCCCCCCCCC=CCC=CC/C=C\CCCCCCCC(=O)O. The Labute approximate surface area is 187 Å². The van der Waals surface area contributed by atoms with Crippen LogP contribution in [0.2, 0.25) is 0 Å². The van der Waals surface area contributed by atoms with Crippen molar-refractivity contribution in [1.29, 1.82) is 0 Å². The summed E-state index contributed by atoms with van der Waals surface area (Å²) in [6, 6.07) is 0. The number of carboxylic acids is 1. The highest BCUT2D eigenvalue weighted by Gasteiger charge is 1.95. The summed E-state index contributed by atoms with van der Waals surface area (Å²) in [5.74, 6) is -0.671. The normalized spacial score (nSPS) is 12.0. The molecule has 0 radical (unpaired) electrons. The van der Waals surface area contributed by atoms with Gasteiger partial charge in [-0.2, -0.15) is 0 Å². The molecule has 30 heavy (non-hydrogen) atoms. The van der Waals surface area contributed by atoms with E-state index in [0.29, 0.717) is 6.42 Å². The van der Waals surface area contributed by atoms with E-state index in [9.17, 15) is 4.79 Å². The summed E-state index contributed by atoms with van der Waals surface area (Å²) in [6.45, 7) is 2.28. The van der Waals surface area contributed by atoms with Gasteiger partial charge in [-0.25, -0.2) is 0 Å². The van der Waals surface area contributed by atoms with Gasteiger partial charge in [-0.3, -0.25) is 4.79 Å². The van der Waals surface area contributed by atoms with E-state index in [-0.39, 0.29) is 0 Å². The third-order valence-electron chi connectivity index (χ3n) is 5.53. The molecule has 0 saturated heterocycles. The number of hydrogen-bond acceptors (Lipinski definition) is 1. The van der Waals surface area contributed by atoms with Crippen molar-refractivity contribution in [3.05, 3.63) is 36.5 Å². The summed E-state index contributed by atoms with van der Waals surface area (Å²) in [4.78, 5) is 10.4. The number of aliphatic carboxylic acids is 1. The molecule has 2 nitrogen and oxygen atoms in total. The van der Waals surface area contributed by atoms with Gasteiger partial charge in [-0.15, -0.1) is 0 Å². The lowest BCUT2D eigenvalue weighted by atomic mass is 10.1. The average Bonchev–Trinajstić information content (AvgIpc) is 2.73. The molecule has 0 aromatic heterocycles. The van der Waals surface area contributed by atoms with Crippen molar-refractivity contribution in [2.45, 2.75) is 135 Å². The summed E-state index contributed by atoms with van der Waals surface area (Å²) in [5, 5.41) is 8.58. The number of carboxylic acid groups (broad SMARTS) is 1. The highest BCUT2D eigenvalue weighted by molar-refractivity contribution is 5.66. The van der Waals surface area contributed by atoms with Gasteiger partial charge in [0.25, 0.3) is 0 Å². The molecule has 0 aromatic rings. The van der Waals surface area contributed by atoms with E-state index in [1.54, 1.807) is 0 Å². The van der Waals surface area contributed by atoms with Gasteiger partial charge in [0.1, 0.15) is 0 Å². The van der Waals surface area contributed by atoms with Gasteiger partial charge in [0.2, 0.25) is 0 Å². The van der Waals surface area contributed by atoms with Crippen molar-refractivity contribution >= 4 is 5.97 Å². The van der Waals surface area contributed by atoms with Gasteiger partial charge in [0.05, 0.1) is 0 Å². The van der Waals surface area contributed by atoms with Crippen molar-refractivity contribution < 1.29 is 9.90 Å². The molecule has 0 fully saturated rings. The van der Waals surface area contributed by atoms with Crippen LogP contribution in [0.15, 0.2) is 36.5 Å². The fourth-order valence-corrected chi connectivity index (χ4v) is 3.60. The van der Waals surface area contributed by atoms with Crippen LogP contribution in [-0.2, 0) is 4.79 Å². The first kappa shape index (κ1) is 28.7. The monoisotopic (exact) mass is 418 g/mol. The van der Waals surface area contributed by atoms with E-state index in [0.717, 1.165) is 38.5 Å². The molecule has 0 aliphatic carbocycles. The number of unbranched alkanes of at least 4 members (excludes halogenated alkanes) is 15. The first-order chi connectivity index (χ1) is 14.8. The van der Waals surface area contributed by atoms with Gasteiger partial charge >= 0.3 is 5.97 Å². The van der Waals surface area contributed by atoms with Crippen molar-refractivity contribution in [3.63, 3.8) is 0 Å². The zero-order chi connectivity index (χ0) is 22.0. The van der Waals surface area contributed by atoms with Crippen LogP contribution in [0.5, 0.6) is 0 Å². The van der Waals surface area contributed by atoms with Crippen molar-refractivity contribution in [1.82, 2.24) is 0 Å². The molecule has 2 heteroatoms. The highest BCUT2D eigenvalue weighted by Crippen LogP contribution is 2.11. The zero-order valence-corrected chi connectivity index (χ0v) is 20.0. The molecule has 0 saturated carbocycles. The standard InChI is InChI=1S/C28H50O2/c1-2-3-4-5-6-7-8-9-10-11-12-13-14-15-16-17-18-19-20-21-22-23-24-25-26-27-28(29)30/h13-14,16-17,19-20H,2-12,15,18,21-27H2,1H3,(H,29,30)/b14-13?,17-16?,20-19-. The maximum atomic E-state index is 10.4. The minimum Gasteiger partial charge on any atom is -0.481 e. The fourth-order valence-electron chi connectivity index (χ4n) is 3.60. The van der Waals surface area contributed by atoms with Crippen LogP contribution in [0.25, 0.3) is 0 Å². The molecule has 174 valence electrons. The van der Waals surface area contributed by atoms with Crippen LogP contribution in [-0.4, -0.2) is 11.1 Å². The summed E-state index contributed by atoms with van der Waals surface area (Å²) in [6.07, 6.45) is 38.1. The molecule has 0 aliphatic heterocycles. The van der Waals surface area contributed by atoms with Crippen molar-refractivity contribution in [2.24, 2.45) is 0 Å². The second-order valence-corrected chi connectivity index (χ2v) is 8.56. The Morgan fingerprint density at radius 2 is 0.900 bits per heavy atom. The maximum Gasteiger partial charge on any atom is 0.303 e. The van der Waals surface area contributed by atoms with Crippen molar-refractivity contribution in [3.8, 4) is 0 Å². The third-order valence-corrected chi connectivity index (χ3v) is 5.53. The lowest BCUT2D eigenvalue weighted by Gasteiger charge is -2.01. The van der Waals surface area contributed by atoms with Crippen LogP contribution in [0.4, 0.5) is 0 Å². The van der Waals surface area contributed by atoms with E-state index < -0.39 is 5.97 Å². The minimum atomic E-state index is -0.671. The molecule has 0 bridgehead atoms. The molecule has 0 amide bonds. The summed E-state index contributed by atoms with van der Waals surface area (Å²) in [7, 11) is 0. The van der Waals surface area contributed by atoms with E-state index in [2.05, 4.69) is 43.4 Å². The molecule has 0 heterocycles. The first-order valence-electron chi connectivity index (χ1n) is 12.9. The predicted octanol–water partition coefficient (Wildman–Crippen LogP) is 9.56. The molecule has 0 unspecified atom stereocenters. The van der Waals surface area contributed by atoms with E-state index >= 15 is 0 Å². The van der Waals surface area contributed by atoms with Gasteiger partial charge in [0.15, 0.2) is 0 Å². The number of hydrogen-bond donors (Lipinski definition) is 1. The fraction of sp³-hybridized carbons (Fsp3) is 0.750. The Kier molecular flexibility index (Phi) is 24.6. The maximum absolute atomic E-state index is 10.4. The molecule has 0 spiro atoms. The molecule has 1 N–H and O–H groups in total.